The summed E-state index contributed by atoms with van der Waals surface area (Å²) < 4.78 is 7.64. The molecule has 5 heteroatoms. The summed E-state index contributed by atoms with van der Waals surface area (Å²) in [6.45, 7) is 1.69. The zero-order valence-corrected chi connectivity index (χ0v) is 13.4. The first-order valence-electron chi connectivity index (χ1n) is 7.98. The molecule has 5 nitrogen and oxygen atoms in total. The molecule has 1 aromatic carbocycles. The highest BCUT2D eigenvalue weighted by atomic mass is 16.5. The van der Waals surface area contributed by atoms with Crippen LogP contribution in [0.4, 0.5) is 0 Å². The van der Waals surface area contributed by atoms with E-state index in [4.69, 9.17) is 10.5 Å². The molecule has 120 valence electrons. The van der Waals surface area contributed by atoms with Gasteiger partial charge in [-0.2, -0.15) is 0 Å². The van der Waals surface area contributed by atoms with Crippen molar-refractivity contribution in [2.45, 2.75) is 25.8 Å². The Labute approximate surface area is 136 Å². The van der Waals surface area contributed by atoms with Crippen LogP contribution in [0.3, 0.4) is 0 Å². The Morgan fingerprint density at radius 3 is 2.74 bits per heavy atom. The molecule has 2 N–H and O–H groups in total. The van der Waals surface area contributed by atoms with E-state index in [-0.39, 0.29) is 0 Å². The Morgan fingerprint density at radius 2 is 1.91 bits per heavy atom. The first kappa shape index (κ1) is 15.5. The van der Waals surface area contributed by atoms with Crippen molar-refractivity contribution in [3.05, 3.63) is 42.9 Å². The number of ether oxygens (including phenoxy) is 1. The molecule has 0 atom stereocenters. The molecule has 0 saturated heterocycles. The summed E-state index contributed by atoms with van der Waals surface area (Å²) in [5.74, 6) is 0.635. The summed E-state index contributed by atoms with van der Waals surface area (Å²) in [4.78, 5) is 8.85. The molecule has 0 fully saturated rings. The van der Waals surface area contributed by atoms with Gasteiger partial charge in [-0.3, -0.25) is 0 Å². The number of methoxy groups -OCH3 is 1. The van der Waals surface area contributed by atoms with Crippen LogP contribution < -0.4 is 10.5 Å². The normalized spacial score (nSPS) is 11.0. The number of imidazole rings is 1. The molecule has 0 amide bonds. The second kappa shape index (κ2) is 7.24. The predicted octanol–water partition coefficient (Wildman–Crippen LogP) is 3.24. The number of nitrogens with two attached hydrogens (primary N) is 1. The van der Waals surface area contributed by atoms with Crippen LogP contribution in [0.2, 0.25) is 0 Å². The van der Waals surface area contributed by atoms with Crippen molar-refractivity contribution < 1.29 is 4.74 Å². The van der Waals surface area contributed by atoms with Gasteiger partial charge in [0.05, 0.1) is 24.5 Å². The number of unbranched alkanes of at least 4 members (excludes halogenated alkanes) is 2. The van der Waals surface area contributed by atoms with Gasteiger partial charge < -0.3 is 15.0 Å². The second-order valence-corrected chi connectivity index (χ2v) is 5.52. The zero-order chi connectivity index (χ0) is 16.1. The van der Waals surface area contributed by atoms with E-state index in [2.05, 4.69) is 20.6 Å². The SMILES string of the molecule is COc1ncccc1-c1cccc2ncn(CCCCCN)c12. The maximum atomic E-state index is 5.57. The van der Waals surface area contributed by atoms with Gasteiger partial charge in [0.2, 0.25) is 5.88 Å². The van der Waals surface area contributed by atoms with Gasteiger partial charge in [-0.05, 0) is 37.6 Å². The molecule has 23 heavy (non-hydrogen) atoms. The van der Waals surface area contributed by atoms with Gasteiger partial charge in [0.25, 0.3) is 0 Å². The summed E-state index contributed by atoms with van der Waals surface area (Å²) in [5.41, 5.74) is 9.79. The van der Waals surface area contributed by atoms with Crippen LogP contribution in [0.15, 0.2) is 42.9 Å². The molecule has 2 heterocycles. The average molecular weight is 310 g/mol. The van der Waals surface area contributed by atoms with Gasteiger partial charge in [-0.15, -0.1) is 0 Å². The third-order valence-electron chi connectivity index (χ3n) is 4.00. The average Bonchev–Trinajstić information content (AvgIpc) is 3.02. The molecule has 2 aromatic heterocycles. The van der Waals surface area contributed by atoms with Crippen molar-refractivity contribution >= 4 is 11.0 Å². The Hall–Kier alpha value is -2.40. The molecule has 0 saturated carbocycles. The minimum atomic E-state index is 0.635. The summed E-state index contributed by atoms with van der Waals surface area (Å²) >= 11 is 0. The standard InChI is InChI=1S/C18H22N4O/c1-23-18-15(8-6-11-20-18)14-7-5-9-16-17(14)22(13-21-16)12-4-2-3-10-19/h5-9,11,13H,2-4,10,12,19H2,1H3. The van der Waals surface area contributed by atoms with Gasteiger partial charge in [0.15, 0.2) is 0 Å². The molecule has 3 aromatic rings. The van der Waals surface area contributed by atoms with Crippen molar-refractivity contribution in [3.63, 3.8) is 0 Å². The number of para-hydroxylation sites is 1. The molecular formula is C18H22N4O. The number of aryl methyl sites for hydroxylation is 1. The lowest BCUT2D eigenvalue weighted by molar-refractivity contribution is 0.399. The van der Waals surface area contributed by atoms with E-state index in [1.807, 2.05) is 30.6 Å². The van der Waals surface area contributed by atoms with Gasteiger partial charge in [0, 0.05) is 23.9 Å². The van der Waals surface area contributed by atoms with Crippen LogP contribution in [-0.4, -0.2) is 28.2 Å². The highest BCUT2D eigenvalue weighted by Crippen LogP contribution is 2.33. The van der Waals surface area contributed by atoms with Gasteiger partial charge in [0.1, 0.15) is 0 Å². The number of hydrogen-bond donors (Lipinski definition) is 1. The predicted molar refractivity (Wildman–Crippen MR) is 92.4 cm³/mol. The van der Waals surface area contributed by atoms with Crippen molar-refractivity contribution in [2.24, 2.45) is 5.73 Å². The first-order valence-corrected chi connectivity index (χ1v) is 7.98. The molecule has 0 bridgehead atoms. The summed E-state index contributed by atoms with van der Waals surface area (Å²) in [6.07, 6.45) is 6.96. The quantitative estimate of drug-likeness (QED) is 0.680. The molecule has 0 unspecified atom stereocenters. The fourth-order valence-electron chi connectivity index (χ4n) is 2.88. The van der Waals surface area contributed by atoms with Crippen molar-refractivity contribution in [1.82, 2.24) is 14.5 Å². The van der Waals surface area contributed by atoms with Crippen molar-refractivity contribution in [3.8, 4) is 17.0 Å². The summed E-state index contributed by atoms with van der Waals surface area (Å²) in [7, 11) is 1.65. The molecule has 0 aliphatic carbocycles. The van der Waals surface area contributed by atoms with E-state index in [1.54, 1.807) is 13.3 Å². The fourth-order valence-corrected chi connectivity index (χ4v) is 2.88. The number of hydrogen-bond acceptors (Lipinski definition) is 4. The molecule has 3 rings (SSSR count). The van der Waals surface area contributed by atoms with Crippen LogP contribution in [-0.2, 0) is 6.54 Å². The molecular weight excluding hydrogens is 288 g/mol. The Bertz CT molecular complexity index is 782. The van der Waals surface area contributed by atoms with E-state index < -0.39 is 0 Å². The number of benzene rings is 1. The fraction of sp³-hybridized carbons (Fsp3) is 0.333. The second-order valence-electron chi connectivity index (χ2n) is 5.52. The van der Waals surface area contributed by atoms with Crippen LogP contribution in [0.1, 0.15) is 19.3 Å². The number of aromatic nitrogens is 3. The minimum Gasteiger partial charge on any atom is -0.481 e. The molecule has 0 spiro atoms. The number of fused-ring (bicyclic) bond motifs is 1. The van der Waals surface area contributed by atoms with E-state index in [0.29, 0.717) is 5.88 Å². The Kier molecular flexibility index (Phi) is 4.88. The molecule has 0 aliphatic heterocycles. The number of rotatable bonds is 7. The lowest BCUT2D eigenvalue weighted by Crippen LogP contribution is -2.01. The smallest absolute Gasteiger partial charge is 0.221 e. The third-order valence-corrected chi connectivity index (χ3v) is 4.00. The van der Waals surface area contributed by atoms with Crippen LogP contribution in [0.25, 0.3) is 22.2 Å². The van der Waals surface area contributed by atoms with Crippen molar-refractivity contribution in [2.75, 3.05) is 13.7 Å². The van der Waals surface area contributed by atoms with Crippen LogP contribution in [0, 0.1) is 0 Å². The van der Waals surface area contributed by atoms with Gasteiger partial charge in [-0.25, -0.2) is 9.97 Å². The highest BCUT2D eigenvalue weighted by molar-refractivity contribution is 5.93. The maximum absolute atomic E-state index is 5.57. The molecule has 0 aliphatic rings. The highest BCUT2D eigenvalue weighted by Gasteiger charge is 2.13. The maximum Gasteiger partial charge on any atom is 0.221 e. The topological polar surface area (TPSA) is 66.0 Å². The Morgan fingerprint density at radius 1 is 1.04 bits per heavy atom. The van der Waals surface area contributed by atoms with Crippen LogP contribution in [0.5, 0.6) is 5.88 Å². The summed E-state index contributed by atoms with van der Waals surface area (Å²) in [5, 5.41) is 0. The van der Waals surface area contributed by atoms with Crippen molar-refractivity contribution in [1.29, 1.82) is 0 Å². The third kappa shape index (κ3) is 3.19. The lowest BCUT2D eigenvalue weighted by Gasteiger charge is -2.11. The van der Waals surface area contributed by atoms with Crippen LogP contribution >= 0.6 is 0 Å². The summed E-state index contributed by atoms with van der Waals surface area (Å²) in [6, 6.07) is 10.1. The zero-order valence-electron chi connectivity index (χ0n) is 13.4. The lowest BCUT2D eigenvalue weighted by atomic mass is 10.1. The van der Waals surface area contributed by atoms with Gasteiger partial charge in [-0.1, -0.05) is 18.6 Å². The Balaban J connectivity index is 2.01. The van der Waals surface area contributed by atoms with E-state index in [0.717, 1.165) is 54.5 Å². The molecule has 0 radical (unpaired) electrons. The van der Waals surface area contributed by atoms with E-state index in [1.165, 1.54) is 0 Å². The first-order chi connectivity index (χ1) is 11.3. The monoisotopic (exact) mass is 310 g/mol. The van der Waals surface area contributed by atoms with E-state index in [9.17, 15) is 0 Å². The number of pyridine rings is 1. The number of nitrogens with zero attached hydrogens (tertiary/aromatic N) is 3. The van der Waals surface area contributed by atoms with Gasteiger partial charge >= 0.3 is 0 Å². The largest absolute Gasteiger partial charge is 0.481 e. The van der Waals surface area contributed by atoms with E-state index >= 15 is 0 Å². The minimum absolute atomic E-state index is 0.635.